The van der Waals surface area contributed by atoms with E-state index in [1.807, 2.05) is 11.8 Å². The Labute approximate surface area is 203 Å². The van der Waals surface area contributed by atoms with Crippen LogP contribution in [-0.2, 0) is 9.59 Å². The minimum atomic E-state index is -0.233. The van der Waals surface area contributed by atoms with E-state index in [0.717, 1.165) is 36.5 Å². The molecule has 1 saturated heterocycles. The second kappa shape index (κ2) is 9.50. The van der Waals surface area contributed by atoms with Crippen molar-refractivity contribution in [2.75, 3.05) is 31.1 Å². The van der Waals surface area contributed by atoms with E-state index in [9.17, 15) is 14.0 Å². The highest BCUT2D eigenvalue weighted by molar-refractivity contribution is 5.80. The minimum Gasteiger partial charge on any atom is -0.368 e. The number of carbonyl (C=O) groups excluding carboxylic acids is 2. The van der Waals surface area contributed by atoms with Gasteiger partial charge in [-0.15, -0.1) is 0 Å². The quantitative estimate of drug-likeness (QED) is 0.634. The summed E-state index contributed by atoms with van der Waals surface area (Å²) in [6.45, 7) is 7.06. The zero-order valence-electron chi connectivity index (χ0n) is 20.8. The van der Waals surface area contributed by atoms with Crippen LogP contribution in [0.3, 0.4) is 0 Å². The molecule has 5 fully saturated rings. The molecule has 1 heterocycles. The molecule has 0 radical (unpaired) electrons. The molecule has 34 heavy (non-hydrogen) atoms. The van der Waals surface area contributed by atoms with E-state index in [0.29, 0.717) is 31.3 Å². The Morgan fingerprint density at radius 2 is 1.50 bits per heavy atom. The van der Waals surface area contributed by atoms with Gasteiger partial charge >= 0.3 is 0 Å². The van der Waals surface area contributed by atoms with Crippen LogP contribution in [0.15, 0.2) is 24.3 Å². The molecule has 1 aromatic carbocycles. The number of hydrogen-bond donors (Lipinski definition) is 1. The Bertz CT molecular complexity index is 858. The number of anilines is 1. The molecule has 1 aromatic rings. The summed E-state index contributed by atoms with van der Waals surface area (Å²) in [7, 11) is 0. The third kappa shape index (κ3) is 4.96. The molecule has 5 nitrogen and oxygen atoms in total. The van der Waals surface area contributed by atoms with Gasteiger partial charge in [-0.25, -0.2) is 4.39 Å². The van der Waals surface area contributed by atoms with Crippen molar-refractivity contribution in [2.45, 2.75) is 71.3 Å². The maximum absolute atomic E-state index is 13.2. The van der Waals surface area contributed by atoms with Crippen molar-refractivity contribution < 1.29 is 14.0 Å². The average Bonchev–Trinajstić information content (AvgIpc) is 2.78. The van der Waals surface area contributed by atoms with Crippen LogP contribution in [0.1, 0.15) is 65.2 Å². The van der Waals surface area contributed by atoms with Gasteiger partial charge in [-0.2, -0.15) is 0 Å². The number of halogens is 1. The molecule has 0 unspecified atom stereocenters. The summed E-state index contributed by atoms with van der Waals surface area (Å²) in [4.78, 5) is 29.8. The Hall–Kier alpha value is -2.11. The molecule has 2 atom stereocenters. The molecule has 0 aromatic heterocycles. The summed E-state index contributed by atoms with van der Waals surface area (Å²) in [6.07, 6.45) is 8.94. The van der Waals surface area contributed by atoms with Gasteiger partial charge in [-0.3, -0.25) is 9.59 Å². The number of piperazine rings is 1. The van der Waals surface area contributed by atoms with Gasteiger partial charge in [0.05, 0.1) is 0 Å². The first-order valence-electron chi connectivity index (χ1n) is 13.4. The lowest BCUT2D eigenvalue weighted by atomic mass is 9.48. The number of rotatable bonds is 7. The topological polar surface area (TPSA) is 52.7 Å². The minimum absolute atomic E-state index is 0.0335. The number of nitrogens with zero attached hydrogens (tertiary/aromatic N) is 2. The highest BCUT2D eigenvalue weighted by Gasteiger charge is 2.53. The molecule has 2 amide bonds. The predicted octanol–water partition coefficient (Wildman–Crippen LogP) is 4.61. The van der Waals surface area contributed by atoms with Crippen molar-refractivity contribution in [1.82, 2.24) is 10.2 Å². The lowest BCUT2D eigenvalue weighted by Gasteiger charge is -2.59. The second-order valence-electron chi connectivity index (χ2n) is 11.9. The zero-order valence-corrected chi connectivity index (χ0v) is 20.8. The Morgan fingerprint density at radius 1 is 0.941 bits per heavy atom. The van der Waals surface area contributed by atoms with Crippen LogP contribution in [0.4, 0.5) is 10.1 Å². The van der Waals surface area contributed by atoms with Gasteiger partial charge in [0.1, 0.15) is 5.82 Å². The van der Waals surface area contributed by atoms with Crippen molar-refractivity contribution in [1.29, 1.82) is 0 Å². The molecule has 6 heteroatoms. The summed E-state index contributed by atoms with van der Waals surface area (Å²) >= 11 is 0. The normalized spacial score (nSPS) is 31.9. The number of hydrogen-bond acceptors (Lipinski definition) is 3. The fourth-order valence-electron chi connectivity index (χ4n) is 7.84. The summed E-state index contributed by atoms with van der Waals surface area (Å²) in [5.41, 5.74) is 1.31. The maximum atomic E-state index is 13.2. The lowest BCUT2D eigenvalue weighted by molar-refractivity contribution is -0.133. The number of carbonyl (C=O) groups is 2. The molecule has 1 N–H and O–H groups in total. The van der Waals surface area contributed by atoms with Crippen molar-refractivity contribution >= 4 is 17.5 Å². The molecule has 4 aliphatic carbocycles. The molecule has 5 aliphatic rings. The zero-order chi connectivity index (χ0) is 23.9. The maximum Gasteiger partial charge on any atom is 0.222 e. The van der Waals surface area contributed by atoms with Crippen LogP contribution in [-0.4, -0.2) is 48.9 Å². The van der Waals surface area contributed by atoms with E-state index in [4.69, 9.17) is 0 Å². The molecular formula is C28H40FN3O2. The van der Waals surface area contributed by atoms with Crippen molar-refractivity contribution in [3.05, 3.63) is 30.1 Å². The molecule has 6 rings (SSSR count). The van der Waals surface area contributed by atoms with E-state index in [2.05, 4.69) is 17.1 Å². The smallest absolute Gasteiger partial charge is 0.222 e. The Kier molecular flexibility index (Phi) is 6.60. The predicted molar refractivity (Wildman–Crippen MR) is 132 cm³/mol. The van der Waals surface area contributed by atoms with Crippen LogP contribution >= 0.6 is 0 Å². The summed E-state index contributed by atoms with van der Waals surface area (Å²) in [6, 6.07) is 6.76. The SMILES string of the molecule is C[C@H](CC(=O)N[C@H](C)C12CC3CC(CC(C3)C1)C2)CC(=O)N1CCN(c2ccc(F)cc2)CC1. The van der Waals surface area contributed by atoms with Gasteiger partial charge in [-0.05, 0) is 98.8 Å². The molecule has 4 saturated carbocycles. The van der Waals surface area contributed by atoms with Crippen molar-refractivity contribution in [3.63, 3.8) is 0 Å². The first kappa shape index (κ1) is 23.6. The van der Waals surface area contributed by atoms with E-state index in [1.165, 1.54) is 50.7 Å². The highest BCUT2D eigenvalue weighted by atomic mass is 19.1. The van der Waals surface area contributed by atoms with Crippen LogP contribution in [0, 0.1) is 34.9 Å². The standard InChI is InChI=1S/C28H40FN3O2/c1-19(12-27(34)32-9-7-31(8-10-32)25-5-3-24(29)4-6-25)11-26(33)30-20(2)28-16-21-13-22(17-28)15-23(14-21)18-28/h3-6,19-23H,7-18H2,1-2H3,(H,30,33)/t19-,20-,21?,22?,23?,28?/m1/s1. The highest BCUT2D eigenvalue weighted by Crippen LogP contribution is 2.61. The van der Waals surface area contributed by atoms with Gasteiger partial charge in [0.25, 0.3) is 0 Å². The molecular weight excluding hydrogens is 429 g/mol. The Morgan fingerprint density at radius 3 is 2.06 bits per heavy atom. The van der Waals surface area contributed by atoms with E-state index in [1.54, 1.807) is 12.1 Å². The lowest BCUT2D eigenvalue weighted by Crippen LogP contribution is -2.56. The van der Waals surface area contributed by atoms with Crippen LogP contribution in [0.2, 0.25) is 0 Å². The number of nitrogens with one attached hydrogen (secondary N) is 1. The van der Waals surface area contributed by atoms with E-state index in [-0.39, 0.29) is 29.6 Å². The van der Waals surface area contributed by atoms with Gasteiger partial charge in [-0.1, -0.05) is 6.92 Å². The molecule has 0 spiro atoms. The van der Waals surface area contributed by atoms with Crippen molar-refractivity contribution in [3.8, 4) is 0 Å². The fourth-order valence-corrected chi connectivity index (χ4v) is 7.84. The van der Waals surface area contributed by atoms with Crippen LogP contribution in [0.25, 0.3) is 0 Å². The van der Waals surface area contributed by atoms with E-state index >= 15 is 0 Å². The van der Waals surface area contributed by atoms with Crippen LogP contribution in [0.5, 0.6) is 0 Å². The average molecular weight is 470 g/mol. The molecule has 186 valence electrons. The fraction of sp³-hybridized carbons (Fsp3) is 0.714. The largest absolute Gasteiger partial charge is 0.368 e. The summed E-state index contributed by atoms with van der Waals surface area (Å²) in [5, 5.41) is 3.35. The second-order valence-corrected chi connectivity index (χ2v) is 11.9. The third-order valence-electron chi connectivity index (χ3n) is 9.26. The Balaban J connectivity index is 1.06. The first-order valence-corrected chi connectivity index (χ1v) is 13.4. The first-order chi connectivity index (χ1) is 16.3. The summed E-state index contributed by atoms with van der Waals surface area (Å²) < 4.78 is 13.2. The summed E-state index contributed by atoms with van der Waals surface area (Å²) in [5.74, 6) is 2.67. The van der Waals surface area contributed by atoms with Crippen molar-refractivity contribution in [2.24, 2.45) is 29.1 Å². The third-order valence-corrected chi connectivity index (χ3v) is 9.26. The number of amides is 2. The van der Waals surface area contributed by atoms with Gasteiger partial charge < -0.3 is 15.1 Å². The number of benzene rings is 1. The van der Waals surface area contributed by atoms with Gasteiger partial charge in [0.2, 0.25) is 11.8 Å². The van der Waals surface area contributed by atoms with Crippen LogP contribution < -0.4 is 10.2 Å². The van der Waals surface area contributed by atoms with Gasteiger partial charge in [0.15, 0.2) is 0 Å². The molecule has 4 bridgehead atoms. The molecule has 1 aliphatic heterocycles. The van der Waals surface area contributed by atoms with E-state index < -0.39 is 0 Å². The van der Waals surface area contributed by atoms with Gasteiger partial charge in [0, 0.05) is 50.7 Å². The monoisotopic (exact) mass is 469 g/mol.